The Labute approximate surface area is 172 Å². The lowest BCUT2D eigenvalue weighted by atomic mass is 9.98. The number of sulfonamides is 1. The van der Waals surface area contributed by atoms with Crippen molar-refractivity contribution in [2.24, 2.45) is 0 Å². The number of carbonyl (C=O) groups is 2. The summed E-state index contributed by atoms with van der Waals surface area (Å²) in [6.45, 7) is 0. The Bertz CT molecular complexity index is 1200. The van der Waals surface area contributed by atoms with Gasteiger partial charge < -0.3 is 10.1 Å². The van der Waals surface area contributed by atoms with E-state index in [1.165, 1.54) is 36.7 Å². The zero-order valence-corrected chi connectivity index (χ0v) is 16.3. The Kier molecular flexibility index (Phi) is 5.15. The monoisotopic (exact) mass is 424 g/mol. The van der Waals surface area contributed by atoms with Crippen LogP contribution in [0.4, 0.5) is 11.6 Å². The maximum Gasteiger partial charge on any atom is 0.339 e. The van der Waals surface area contributed by atoms with Gasteiger partial charge in [-0.25, -0.2) is 27.9 Å². The molecule has 10 heteroatoms. The van der Waals surface area contributed by atoms with Gasteiger partial charge in [0.1, 0.15) is 0 Å². The molecule has 0 bridgehead atoms. The van der Waals surface area contributed by atoms with Gasteiger partial charge in [0.15, 0.2) is 6.10 Å². The van der Waals surface area contributed by atoms with E-state index in [-0.39, 0.29) is 17.3 Å². The van der Waals surface area contributed by atoms with E-state index in [1.807, 2.05) is 0 Å². The molecule has 9 nitrogen and oxygen atoms in total. The van der Waals surface area contributed by atoms with Crippen molar-refractivity contribution >= 4 is 33.5 Å². The molecule has 1 aromatic heterocycles. The van der Waals surface area contributed by atoms with Crippen LogP contribution < -0.4 is 10.0 Å². The molecule has 0 aliphatic carbocycles. The number of hydrogen-bond donors (Lipinski definition) is 2. The Hall–Kier alpha value is -3.79. The average Bonchev–Trinajstić information content (AvgIpc) is 2.74. The highest BCUT2D eigenvalue weighted by Crippen LogP contribution is 2.22. The van der Waals surface area contributed by atoms with Crippen LogP contribution >= 0.6 is 0 Å². The van der Waals surface area contributed by atoms with Crippen LogP contribution in [0.1, 0.15) is 15.9 Å². The highest BCUT2D eigenvalue weighted by Gasteiger charge is 2.31. The standard InChI is InChI=1S/C20H16N4O5S/c25-18(17-12-13-4-1-2-5-16(13)19(26)29-17)23-14-6-8-15(9-7-14)30(27,28)24-20-21-10-3-11-22-20/h1-11,17H,12H2,(H,23,25)(H,21,22,24). The van der Waals surface area contributed by atoms with Gasteiger partial charge in [-0.15, -0.1) is 0 Å². The number of cyclic esters (lactones) is 1. The molecule has 4 rings (SSSR count). The second-order valence-electron chi connectivity index (χ2n) is 6.45. The molecule has 152 valence electrons. The summed E-state index contributed by atoms with van der Waals surface area (Å²) in [6, 6.07) is 14.1. The highest BCUT2D eigenvalue weighted by molar-refractivity contribution is 7.92. The van der Waals surface area contributed by atoms with Crippen molar-refractivity contribution in [3.05, 3.63) is 78.1 Å². The first-order chi connectivity index (χ1) is 14.4. The lowest BCUT2D eigenvalue weighted by Crippen LogP contribution is -2.37. The molecular weight excluding hydrogens is 408 g/mol. The van der Waals surface area contributed by atoms with Crippen molar-refractivity contribution in [2.45, 2.75) is 17.4 Å². The number of hydrogen-bond acceptors (Lipinski definition) is 7. The van der Waals surface area contributed by atoms with E-state index in [4.69, 9.17) is 4.74 Å². The molecule has 2 aromatic carbocycles. The van der Waals surface area contributed by atoms with Crippen LogP contribution in [0.5, 0.6) is 0 Å². The Morgan fingerprint density at radius 1 is 1.00 bits per heavy atom. The molecule has 0 saturated carbocycles. The smallest absolute Gasteiger partial charge is 0.339 e. The summed E-state index contributed by atoms with van der Waals surface area (Å²) in [6.07, 6.45) is 2.13. The summed E-state index contributed by atoms with van der Waals surface area (Å²) in [5.74, 6) is -1.09. The van der Waals surface area contributed by atoms with Crippen molar-refractivity contribution in [2.75, 3.05) is 10.0 Å². The Balaban J connectivity index is 1.44. The molecule has 2 N–H and O–H groups in total. The summed E-state index contributed by atoms with van der Waals surface area (Å²) in [7, 11) is -3.88. The number of aromatic nitrogens is 2. The van der Waals surface area contributed by atoms with Crippen LogP contribution in [0.15, 0.2) is 71.9 Å². The minimum absolute atomic E-state index is 0.0222. The maximum atomic E-state index is 12.5. The van der Waals surface area contributed by atoms with Gasteiger partial charge in [-0.2, -0.15) is 0 Å². The first kappa shape index (κ1) is 19.5. The number of ether oxygens (including phenoxy) is 1. The number of benzene rings is 2. The zero-order valence-electron chi connectivity index (χ0n) is 15.5. The third-order valence-corrected chi connectivity index (χ3v) is 5.75. The van der Waals surface area contributed by atoms with Gasteiger partial charge in [-0.1, -0.05) is 18.2 Å². The molecular formula is C20H16N4O5S. The van der Waals surface area contributed by atoms with Gasteiger partial charge in [-0.3, -0.25) is 4.79 Å². The fourth-order valence-corrected chi connectivity index (χ4v) is 3.91. The number of carbonyl (C=O) groups excluding carboxylic acids is 2. The van der Waals surface area contributed by atoms with E-state index in [2.05, 4.69) is 20.0 Å². The SMILES string of the molecule is O=C1OC(C(=O)Nc2ccc(S(=O)(=O)Nc3ncccn3)cc2)Cc2ccccc21. The van der Waals surface area contributed by atoms with Gasteiger partial charge in [-0.05, 0) is 42.0 Å². The van der Waals surface area contributed by atoms with E-state index in [0.717, 1.165) is 5.56 Å². The predicted molar refractivity (Wildman–Crippen MR) is 107 cm³/mol. The first-order valence-corrected chi connectivity index (χ1v) is 10.4. The van der Waals surface area contributed by atoms with Gasteiger partial charge in [0.05, 0.1) is 10.5 Å². The van der Waals surface area contributed by atoms with Crippen molar-refractivity contribution in [3.8, 4) is 0 Å². The van der Waals surface area contributed by atoms with E-state index in [9.17, 15) is 18.0 Å². The molecule has 30 heavy (non-hydrogen) atoms. The number of rotatable bonds is 5. The first-order valence-electron chi connectivity index (χ1n) is 8.92. The van der Waals surface area contributed by atoms with E-state index in [0.29, 0.717) is 11.3 Å². The van der Waals surface area contributed by atoms with E-state index < -0.39 is 28.0 Å². The van der Waals surface area contributed by atoms with Gasteiger partial charge >= 0.3 is 5.97 Å². The van der Waals surface area contributed by atoms with Gasteiger partial charge in [0.2, 0.25) is 5.95 Å². The summed E-state index contributed by atoms with van der Waals surface area (Å²) < 4.78 is 32.3. The summed E-state index contributed by atoms with van der Waals surface area (Å²) in [4.78, 5) is 32.2. The van der Waals surface area contributed by atoms with E-state index in [1.54, 1.807) is 30.3 Å². The van der Waals surface area contributed by atoms with Gasteiger partial charge in [0, 0.05) is 24.5 Å². The molecule has 0 radical (unpaired) electrons. The third-order valence-electron chi connectivity index (χ3n) is 4.41. The topological polar surface area (TPSA) is 127 Å². The fourth-order valence-electron chi connectivity index (χ4n) is 2.95. The van der Waals surface area contributed by atoms with E-state index >= 15 is 0 Å². The summed E-state index contributed by atoms with van der Waals surface area (Å²) in [5.41, 5.74) is 1.56. The van der Waals surface area contributed by atoms with Crippen LogP contribution in [0, 0.1) is 0 Å². The molecule has 1 atom stereocenters. The Morgan fingerprint density at radius 2 is 1.70 bits per heavy atom. The minimum Gasteiger partial charge on any atom is -0.448 e. The highest BCUT2D eigenvalue weighted by atomic mass is 32.2. The molecule has 1 amide bonds. The largest absolute Gasteiger partial charge is 0.448 e. The zero-order chi connectivity index (χ0) is 21.1. The molecule has 1 aliphatic rings. The van der Waals surface area contributed by atoms with Crippen molar-refractivity contribution in [1.82, 2.24) is 9.97 Å². The van der Waals surface area contributed by atoms with Gasteiger partial charge in [0.25, 0.3) is 15.9 Å². The molecule has 2 heterocycles. The third kappa shape index (κ3) is 4.13. The number of anilines is 2. The van der Waals surface area contributed by atoms with Crippen molar-refractivity contribution in [3.63, 3.8) is 0 Å². The maximum absolute atomic E-state index is 12.5. The second kappa shape index (κ2) is 7.91. The quantitative estimate of drug-likeness (QED) is 0.600. The fraction of sp³-hybridized carbons (Fsp3) is 0.100. The molecule has 0 spiro atoms. The number of fused-ring (bicyclic) bond motifs is 1. The molecule has 1 aliphatic heterocycles. The molecule has 0 saturated heterocycles. The molecule has 0 fully saturated rings. The van der Waals surface area contributed by atoms with Crippen LogP contribution in [0.3, 0.4) is 0 Å². The van der Waals surface area contributed by atoms with Crippen LogP contribution in [0.25, 0.3) is 0 Å². The average molecular weight is 424 g/mol. The Morgan fingerprint density at radius 3 is 2.43 bits per heavy atom. The van der Waals surface area contributed by atoms with Crippen LogP contribution in [-0.2, 0) is 26.0 Å². The number of nitrogens with zero attached hydrogens (tertiary/aromatic N) is 2. The normalized spacial score (nSPS) is 15.6. The number of amides is 1. The number of esters is 1. The molecule has 3 aromatic rings. The number of nitrogens with one attached hydrogen (secondary N) is 2. The lowest BCUT2D eigenvalue weighted by Gasteiger charge is -2.23. The van der Waals surface area contributed by atoms with Crippen molar-refractivity contribution < 1.29 is 22.7 Å². The lowest BCUT2D eigenvalue weighted by molar-refractivity contribution is -0.125. The summed E-state index contributed by atoms with van der Waals surface area (Å²) >= 11 is 0. The summed E-state index contributed by atoms with van der Waals surface area (Å²) in [5, 5.41) is 2.64. The van der Waals surface area contributed by atoms with Crippen molar-refractivity contribution in [1.29, 1.82) is 0 Å². The van der Waals surface area contributed by atoms with Crippen LogP contribution in [0.2, 0.25) is 0 Å². The predicted octanol–water partition coefficient (Wildman–Crippen LogP) is 2.00. The minimum atomic E-state index is -3.88. The molecule has 1 unspecified atom stereocenters. The van der Waals surface area contributed by atoms with Crippen LogP contribution in [-0.4, -0.2) is 36.4 Å². The second-order valence-corrected chi connectivity index (χ2v) is 8.13.